The molecule has 1 aliphatic rings. The SMILES string of the molecule is COC(=O)[C@@H](C)[C@@H](O)C1CCCCC1. The predicted octanol–water partition coefficient (Wildman–Crippen LogP) is 1.74. The second-order valence-electron chi connectivity index (χ2n) is 4.20. The first kappa shape index (κ1) is 11.5. The fraction of sp³-hybridized carbons (Fsp3) is 0.909. The Kier molecular flexibility index (Phi) is 4.39. The summed E-state index contributed by atoms with van der Waals surface area (Å²) in [4.78, 5) is 11.2. The average molecular weight is 200 g/mol. The van der Waals surface area contributed by atoms with Crippen LogP contribution in [0, 0.1) is 11.8 Å². The van der Waals surface area contributed by atoms with Crippen molar-refractivity contribution in [3.8, 4) is 0 Å². The first-order valence-corrected chi connectivity index (χ1v) is 5.42. The molecule has 14 heavy (non-hydrogen) atoms. The predicted molar refractivity (Wildman–Crippen MR) is 53.8 cm³/mol. The highest BCUT2D eigenvalue weighted by Crippen LogP contribution is 2.29. The number of hydrogen-bond acceptors (Lipinski definition) is 3. The zero-order chi connectivity index (χ0) is 10.6. The summed E-state index contributed by atoms with van der Waals surface area (Å²) in [5, 5.41) is 9.94. The lowest BCUT2D eigenvalue weighted by atomic mass is 9.81. The van der Waals surface area contributed by atoms with Crippen molar-refractivity contribution in [1.82, 2.24) is 0 Å². The van der Waals surface area contributed by atoms with Gasteiger partial charge in [0.1, 0.15) is 0 Å². The second kappa shape index (κ2) is 5.35. The lowest BCUT2D eigenvalue weighted by molar-refractivity contribution is -0.150. The lowest BCUT2D eigenvalue weighted by Gasteiger charge is -2.29. The molecule has 0 spiro atoms. The van der Waals surface area contributed by atoms with Gasteiger partial charge in [0.05, 0.1) is 19.1 Å². The van der Waals surface area contributed by atoms with Gasteiger partial charge >= 0.3 is 5.97 Å². The van der Waals surface area contributed by atoms with Crippen LogP contribution in [0.25, 0.3) is 0 Å². The summed E-state index contributed by atoms with van der Waals surface area (Å²) >= 11 is 0. The van der Waals surface area contributed by atoms with Crippen molar-refractivity contribution in [3.05, 3.63) is 0 Å². The number of aliphatic hydroxyl groups excluding tert-OH is 1. The molecule has 0 saturated heterocycles. The summed E-state index contributed by atoms with van der Waals surface area (Å²) in [6.45, 7) is 1.74. The molecule has 1 rings (SSSR count). The van der Waals surface area contributed by atoms with Gasteiger partial charge in [-0.1, -0.05) is 19.3 Å². The fourth-order valence-corrected chi connectivity index (χ4v) is 2.21. The molecule has 1 N–H and O–H groups in total. The smallest absolute Gasteiger partial charge is 0.311 e. The molecular formula is C11H20O3. The minimum atomic E-state index is -0.525. The normalized spacial score (nSPS) is 22.8. The molecule has 0 aromatic heterocycles. The molecule has 3 heteroatoms. The van der Waals surface area contributed by atoms with E-state index in [2.05, 4.69) is 4.74 Å². The topological polar surface area (TPSA) is 46.5 Å². The molecule has 1 fully saturated rings. The molecule has 0 bridgehead atoms. The Morgan fingerprint density at radius 3 is 2.43 bits per heavy atom. The highest BCUT2D eigenvalue weighted by Gasteiger charge is 2.30. The molecule has 0 unspecified atom stereocenters. The number of rotatable bonds is 3. The molecule has 0 radical (unpaired) electrons. The van der Waals surface area contributed by atoms with Crippen molar-refractivity contribution in [3.63, 3.8) is 0 Å². The van der Waals surface area contributed by atoms with E-state index < -0.39 is 6.10 Å². The van der Waals surface area contributed by atoms with Crippen LogP contribution in [0.15, 0.2) is 0 Å². The van der Waals surface area contributed by atoms with E-state index in [0.29, 0.717) is 0 Å². The first-order chi connectivity index (χ1) is 6.66. The van der Waals surface area contributed by atoms with Crippen molar-refractivity contribution in [2.75, 3.05) is 7.11 Å². The third-order valence-electron chi connectivity index (χ3n) is 3.22. The van der Waals surface area contributed by atoms with Gasteiger partial charge in [0.25, 0.3) is 0 Å². The molecule has 0 aromatic carbocycles. The number of carbonyl (C=O) groups excluding carboxylic acids is 1. The van der Waals surface area contributed by atoms with Gasteiger partial charge in [-0.15, -0.1) is 0 Å². The van der Waals surface area contributed by atoms with E-state index in [1.165, 1.54) is 26.4 Å². The van der Waals surface area contributed by atoms with Gasteiger partial charge in [0.15, 0.2) is 0 Å². The summed E-state index contributed by atoms with van der Waals surface area (Å²) in [5.74, 6) is -0.399. The van der Waals surface area contributed by atoms with Crippen molar-refractivity contribution in [1.29, 1.82) is 0 Å². The Balaban J connectivity index is 2.45. The Bertz CT molecular complexity index is 185. The first-order valence-electron chi connectivity index (χ1n) is 5.42. The summed E-state index contributed by atoms with van der Waals surface area (Å²) in [6, 6.07) is 0. The summed E-state index contributed by atoms with van der Waals surface area (Å²) < 4.78 is 4.63. The maximum absolute atomic E-state index is 11.2. The van der Waals surface area contributed by atoms with Gasteiger partial charge in [0, 0.05) is 0 Å². The minimum Gasteiger partial charge on any atom is -0.469 e. The van der Waals surface area contributed by atoms with Crippen LogP contribution < -0.4 is 0 Å². The number of carbonyl (C=O) groups is 1. The Labute approximate surface area is 85.5 Å². The lowest BCUT2D eigenvalue weighted by Crippen LogP contribution is -2.34. The van der Waals surface area contributed by atoms with E-state index in [9.17, 15) is 9.90 Å². The van der Waals surface area contributed by atoms with E-state index >= 15 is 0 Å². The van der Waals surface area contributed by atoms with Gasteiger partial charge < -0.3 is 9.84 Å². The van der Waals surface area contributed by atoms with Crippen molar-refractivity contribution in [2.45, 2.75) is 45.1 Å². The zero-order valence-electron chi connectivity index (χ0n) is 9.03. The van der Waals surface area contributed by atoms with Crippen molar-refractivity contribution >= 4 is 5.97 Å². The Hall–Kier alpha value is -0.570. The van der Waals surface area contributed by atoms with Crippen LogP contribution in [0.2, 0.25) is 0 Å². The second-order valence-corrected chi connectivity index (χ2v) is 4.20. The number of hydrogen-bond donors (Lipinski definition) is 1. The summed E-state index contributed by atoms with van der Waals surface area (Å²) in [7, 11) is 1.37. The fourth-order valence-electron chi connectivity index (χ4n) is 2.21. The van der Waals surface area contributed by atoms with Crippen LogP contribution in [0.3, 0.4) is 0 Å². The van der Waals surface area contributed by atoms with Crippen LogP contribution in [-0.2, 0) is 9.53 Å². The van der Waals surface area contributed by atoms with E-state index in [1.54, 1.807) is 6.92 Å². The van der Waals surface area contributed by atoms with Gasteiger partial charge in [-0.25, -0.2) is 0 Å². The molecule has 0 aliphatic heterocycles. The average Bonchev–Trinajstić information content (AvgIpc) is 2.27. The minimum absolute atomic E-state index is 0.290. The van der Waals surface area contributed by atoms with Crippen LogP contribution >= 0.6 is 0 Å². The molecule has 1 aliphatic carbocycles. The maximum Gasteiger partial charge on any atom is 0.311 e. The van der Waals surface area contributed by atoms with Gasteiger partial charge in [-0.2, -0.15) is 0 Å². The summed E-state index contributed by atoms with van der Waals surface area (Å²) in [6.07, 6.45) is 5.18. The largest absolute Gasteiger partial charge is 0.469 e. The summed E-state index contributed by atoms with van der Waals surface area (Å²) in [5.41, 5.74) is 0. The third kappa shape index (κ3) is 2.71. The van der Waals surface area contributed by atoms with Crippen molar-refractivity contribution in [2.24, 2.45) is 11.8 Å². The third-order valence-corrected chi connectivity index (χ3v) is 3.22. The molecule has 82 valence electrons. The van der Waals surface area contributed by atoms with E-state index in [-0.39, 0.29) is 17.8 Å². The van der Waals surface area contributed by atoms with E-state index in [0.717, 1.165) is 12.8 Å². The number of methoxy groups -OCH3 is 1. The molecular weight excluding hydrogens is 180 g/mol. The van der Waals surface area contributed by atoms with E-state index in [1.807, 2.05) is 0 Å². The van der Waals surface area contributed by atoms with Gasteiger partial charge in [-0.05, 0) is 25.7 Å². The zero-order valence-corrected chi connectivity index (χ0v) is 9.03. The molecule has 0 heterocycles. The van der Waals surface area contributed by atoms with Crippen molar-refractivity contribution < 1.29 is 14.6 Å². The van der Waals surface area contributed by atoms with Crippen LogP contribution in [-0.4, -0.2) is 24.3 Å². The standard InChI is InChI=1S/C11H20O3/c1-8(11(13)14-2)10(12)9-6-4-3-5-7-9/h8-10,12H,3-7H2,1-2H3/t8-,10+/m0/s1. The number of aliphatic hydroxyl groups is 1. The monoisotopic (exact) mass is 200 g/mol. The maximum atomic E-state index is 11.2. The van der Waals surface area contributed by atoms with Crippen LogP contribution in [0.1, 0.15) is 39.0 Å². The number of esters is 1. The highest BCUT2D eigenvalue weighted by atomic mass is 16.5. The quantitative estimate of drug-likeness (QED) is 0.706. The molecule has 3 nitrogen and oxygen atoms in total. The van der Waals surface area contributed by atoms with Crippen LogP contribution in [0.5, 0.6) is 0 Å². The van der Waals surface area contributed by atoms with Crippen LogP contribution in [0.4, 0.5) is 0 Å². The Morgan fingerprint density at radius 1 is 1.36 bits per heavy atom. The molecule has 0 aromatic rings. The molecule has 2 atom stereocenters. The van der Waals surface area contributed by atoms with Gasteiger partial charge in [0.2, 0.25) is 0 Å². The Morgan fingerprint density at radius 2 is 1.93 bits per heavy atom. The number of ether oxygens (including phenoxy) is 1. The van der Waals surface area contributed by atoms with E-state index in [4.69, 9.17) is 0 Å². The highest BCUT2D eigenvalue weighted by molar-refractivity contribution is 5.72. The molecule has 1 saturated carbocycles. The van der Waals surface area contributed by atoms with Gasteiger partial charge in [-0.3, -0.25) is 4.79 Å². The molecule has 0 amide bonds.